The van der Waals surface area contributed by atoms with E-state index in [1.165, 1.54) is 4.90 Å². The summed E-state index contributed by atoms with van der Waals surface area (Å²) in [6.07, 6.45) is 2.02. The molecule has 2 atom stereocenters. The van der Waals surface area contributed by atoms with E-state index in [0.29, 0.717) is 65.6 Å². The lowest BCUT2D eigenvalue weighted by Crippen LogP contribution is -2.48. The first kappa shape index (κ1) is 41.6. The van der Waals surface area contributed by atoms with Gasteiger partial charge in [0.1, 0.15) is 11.6 Å². The predicted molar refractivity (Wildman–Crippen MR) is 216 cm³/mol. The monoisotopic (exact) mass is 813 g/mol. The minimum absolute atomic E-state index is 0.203. The number of nitrogens with zero attached hydrogens (tertiary/aromatic N) is 4. The SMILES string of the molecule is CC(C)(C)OC(=O)NC[C@H]1CC[C@H](C(=O)N[C@@H](Cc2ccc(-c3ccc(C(=O)N[C@@H]4CCN(C(=O)O)C4)cc3Cl)cc2)C(=O)Nc2ccc(-c3nn[nH]n3)cc2)CC1. The van der Waals surface area contributed by atoms with Crippen molar-refractivity contribution < 1.29 is 33.8 Å². The third-order valence-corrected chi connectivity index (χ3v) is 10.6. The van der Waals surface area contributed by atoms with E-state index in [1.807, 2.05) is 45.0 Å². The van der Waals surface area contributed by atoms with E-state index in [1.54, 1.807) is 42.5 Å². The molecule has 306 valence electrons. The number of carbonyl (C=O) groups excluding carboxylic acids is 4. The van der Waals surface area contributed by atoms with Crippen molar-refractivity contribution in [2.45, 2.75) is 77.0 Å². The lowest BCUT2D eigenvalue weighted by Gasteiger charge is -2.29. The standard InChI is InChI=1S/C41H48ClN9O7/c1-41(2,3)58-39(55)43-22-25-6-10-28(11-7-25)36(52)46-34(38(54)44-30-15-12-27(13-16-30)35-47-49-50-48-35)20-24-4-8-26(9-5-24)32-17-14-29(21-33(32)42)37(53)45-31-18-19-51(23-31)40(56)57/h4-5,8-9,12-17,21,25,28,31,34H,6-7,10-11,18-20,22-23H2,1-3H3,(H,43,55)(H,44,54)(H,45,53)(H,46,52)(H,56,57)(H,47,48,49,50)/t25-,28-,31-,34+/m1/s1. The van der Waals surface area contributed by atoms with Crippen molar-refractivity contribution in [2.75, 3.05) is 25.0 Å². The lowest BCUT2D eigenvalue weighted by molar-refractivity contribution is -0.130. The van der Waals surface area contributed by atoms with Gasteiger partial charge in [-0.15, -0.1) is 10.2 Å². The second kappa shape index (κ2) is 18.5. The van der Waals surface area contributed by atoms with E-state index in [-0.39, 0.29) is 48.6 Å². The number of hydrogen-bond acceptors (Lipinski definition) is 9. The van der Waals surface area contributed by atoms with E-state index in [9.17, 15) is 29.1 Å². The molecule has 4 aromatic rings. The Morgan fingerprint density at radius 2 is 1.66 bits per heavy atom. The Bertz CT molecular complexity index is 2080. The number of alkyl carbamates (subject to hydrolysis) is 1. The van der Waals surface area contributed by atoms with Crippen LogP contribution in [0.3, 0.4) is 0 Å². The number of H-pyrrole nitrogens is 1. The second-order valence-corrected chi connectivity index (χ2v) is 16.2. The first-order valence-electron chi connectivity index (χ1n) is 19.3. The Kier molecular flexibility index (Phi) is 13.3. The van der Waals surface area contributed by atoms with Crippen molar-refractivity contribution in [2.24, 2.45) is 11.8 Å². The third kappa shape index (κ3) is 11.3. The third-order valence-electron chi connectivity index (χ3n) is 10.3. The van der Waals surface area contributed by atoms with E-state index in [0.717, 1.165) is 24.0 Å². The molecule has 1 aliphatic carbocycles. The Morgan fingerprint density at radius 1 is 0.948 bits per heavy atom. The van der Waals surface area contributed by atoms with Gasteiger partial charge in [-0.1, -0.05) is 41.9 Å². The van der Waals surface area contributed by atoms with Gasteiger partial charge in [-0.2, -0.15) is 5.21 Å². The van der Waals surface area contributed by atoms with E-state index in [4.69, 9.17) is 16.3 Å². The molecule has 58 heavy (non-hydrogen) atoms. The molecule has 1 aromatic heterocycles. The maximum absolute atomic E-state index is 13.8. The summed E-state index contributed by atoms with van der Waals surface area (Å²) < 4.78 is 5.35. The van der Waals surface area contributed by atoms with Crippen molar-refractivity contribution in [3.63, 3.8) is 0 Å². The zero-order valence-electron chi connectivity index (χ0n) is 32.6. The lowest BCUT2D eigenvalue weighted by atomic mass is 9.81. The number of halogens is 1. The van der Waals surface area contributed by atoms with Crippen LogP contribution in [-0.4, -0.2) is 97.9 Å². The van der Waals surface area contributed by atoms with Crippen LogP contribution in [-0.2, 0) is 20.7 Å². The molecule has 0 radical (unpaired) electrons. The van der Waals surface area contributed by atoms with Crippen molar-refractivity contribution in [1.82, 2.24) is 41.5 Å². The highest BCUT2D eigenvalue weighted by atomic mass is 35.5. The van der Waals surface area contributed by atoms with Crippen LogP contribution in [0.2, 0.25) is 5.02 Å². The highest BCUT2D eigenvalue weighted by molar-refractivity contribution is 6.33. The first-order valence-corrected chi connectivity index (χ1v) is 19.7. The van der Waals surface area contributed by atoms with Gasteiger partial charge in [-0.05, 0) is 112 Å². The number of carbonyl (C=O) groups is 5. The van der Waals surface area contributed by atoms with Crippen LogP contribution in [0.15, 0.2) is 66.7 Å². The number of aromatic nitrogens is 4. The molecule has 0 unspecified atom stereocenters. The fourth-order valence-corrected chi connectivity index (χ4v) is 7.44. The summed E-state index contributed by atoms with van der Waals surface area (Å²) in [5, 5.41) is 35.2. The summed E-state index contributed by atoms with van der Waals surface area (Å²) in [4.78, 5) is 65.1. The number of ether oxygens (including phenoxy) is 1. The maximum Gasteiger partial charge on any atom is 0.407 e. The first-order chi connectivity index (χ1) is 27.7. The molecule has 0 bridgehead atoms. The second-order valence-electron chi connectivity index (χ2n) is 15.7. The van der Waals surface area contributed by atoms with Gasteiger partial charge in [0.15, 0.2) is 0 Å². The average Bonchev–Trinajstić information content (AvgIpc) is 3.91. The van der Waals surface area contributed by atoms with Gasteiger partial charge >= 0.3 is 12.2 Å². The number of benzene rings is 3. The van der Waals surface area contributed by atoms with Gasteiger partial charge in [0.25, 0.3) is 5.91 Å². The zero-order valence-corrected chi connectivity index (χ0v) is 33.3. The van der Waals surface area contributed by atoms with Crippen molar-refractivity contribution >= 4 is 47.2 Å². The molecule has 6 N–H and O–H groups in total. The van der Waals surface area contributed by atoms with Crippen LogP contribution in [0.25, 0.3) is 22.5 Å². The van der Waals surface area contributed by atoms with E-state index >= 15 is 0 Å². The highest BCUT2D eigenvalue weighted by Gasteiger charge is 2.31. The molecule has 1 saturated carbocycles. The van der Waals surface area contributed by atoms with Crippen LogP contribution in [0.1, 0.15) is 68.8 Å². The molecule has 17 heteroatoms. The van der Waals surface area contributed by atoms with Gasteiger partial charge in [0.05, 0.1) is 0 Å². The fourth-order valence-electron chi connectivity index (χ4n) is 7.15. The molecule has 2 fully saturated rings. The summed E-state index contributed by atoms with van der Waals surface area (Å²) in [6.45, 7) is 6.50. The quantitative estimate of drug-likeness (QED) is 0.103. The molecule has 3 aromatic carbocycles. The summed E-state index contributed by atoms with van der Waals surface area (Å²) in [5.74, 6) is -0.570. The highest BCUT2D eigenvalue weighted by Crippen LogP contribution is 2.31. The molecule has 5 amide bonds. The van der Waals surface area contributed by atoms with Crippen LogP contribution < -0.4 is 21.3 Å². The minimum atomic E-state index is -1.01. The van der Waals surface area contributed by atoms with Gasteiger partial charge in [-0.25, -0.2) is 9.59 Å². The van der Waals surface area contributed by atoms with Crippen molar-refractivity contribution in [3.8, 4) is 22.5 Å². The summed E-state index contributed by atoms with van der Waals surface area (Å²) in [7, 11) is 0. The molecular weight excluding hydrogens is 766 g/mol. The number of nitrogens with one attached hydrogen (secondary N) is 5. The van der Waals surface area contributed by atoms with Gasteiger partial charge < -0.3 is 36.0 Å². The maximum atomic E-state index is 13.8. The molecule has 6 rings (SSSR count). The number of tetrazole rings is 1. The Morgan fingerprint density at radius 3 is 2.28 bits per heavy atom. The number of rotatable bonds is 12. The topological polar surface area (TPSA) is 221 Å². The molecule has 0 spiro atoms. The van der Waals surface area contributed by atoms with E-state index in [2.05, 4.69) is 41.9 Å². The molecular formula is C41H48ClN9O7. The smallest absolute Gasteiger partial charge is 0.407 e. The largest absolute Gasteiger partial charge is 0.465 e. The molecule has 16 nitrogen and oxygen atoms in total. The number of hydrogen-bond donors (Lipinski definition) is 6. The number of aromatic amines is 1. The average molecular weight is 814 g/mol. The van der Waals surface area contributed by atoms with Crippen molar-refractivity contribution in [3.05, 3.63) is 82.9 Å². The summed E-state index contributed by atoms with van der Waals surface area (Å²) in [5.41, 5.74) is 3.31. The van der Waals surface area contributed by atoms with Gasteiger partial charge in [-0.3, -0.25) is 14.4 Å². The van der Waals surface area contributed by atoms with Crippen LogP contribution in [0.5, 0.6) is 0 Å². The zero-order chi connectivity index (χ0) is 41.4. The summed E-state index contributed by atoms with van der Waals surface area (Å²) in [6, 6.07) is 18.3. The summed E-state index contributed by atoms with van der Waals surface area (Å²) >= 11 is 6.66. The minimum Gasteiger partial charge on any atom is -0.465 e. The molecule has 2 heterocycles. The molecule has 1 aliphatic heterocycles. The molecule has 1 saturated heterocycles. The number of anilines is 1. The van der Waals surface area contributed by atoms with Crippen LogP contribution in [0.4, 0.5) is 15.3 Å². The number of carboxylic acid groups (broad SMARTS) is 1. The predicted octanol–water partition coefficient (Wildman–Crippen LogP) is 5.67. The Hall–Kier alpha value is -6.03. The van der Waals surface area contributed by atoms with Crippen LogP contribution >= 0.6 is 11.6 Å². The van der Waals surface area contributed by atoms with Crippen LogP contribution in [0, 0.1) is 11.8 Å². The normalized spacial score (nSPS) is 18.5. The molecule has 2 aliphatic rings. The van der Waals surface area contributed by atoms with Gasteiger partial charge in [0.2, 0.25) is 17.6 Å². The Balaban J connectivity index is 1.10. The van der Waals surface area contributed by atoms with Crippen molar-refractivity contribution in [1.29, 1.82) is 0 Å². The fraction of sp³-hybridized carbons (Fsp3) is 0.415. The van der Waals surface area contributed by atoms with Gasteiger partial charge in [0, 0.05) is 65.4 Å². The number of amides is 5. The van der Waals surface area contributed by atoms with E-state index < -0.39 is 23.8 Å². The number of likely N-dealkylation sites (tertiary alicyclic amines) is 1. The Labute approximate surface area is 340 Å².